The molecule has 0 bridgehead atoms. The molecule has 0 unspecified atom stereocenters. The highest BCUT2D eigenvalue weighted by atomic mass is 16.1. The smallest absolute Gasteiger partial charge is 0.348 e. The summed E-state index contributed by atoms with van der Waals surface area (Å²) in [5.74, 6) is 0.814. The topological polar surface area (TPSA) is 92.3 Å². The van der Waals surface area contributed by atoms with Crippen LogP contribution in [0.25, 0.3) is 5.65 Å². The molecule has 0 spiro atoms. The van der Waals surface area contributed by atoms with Crippen molar-refractivity contribution in [2.24, 2.45) is 0 Å². The van der Waals surface area contributed by atoms with E-state index in [-0.39, 0.29) is 5.69 Å². The molecule has 1 aromatic carbocycles. The second-order valence-electron chi connectivity index (χ2n) is 5.16. The van der Waals surface area contributed by atoms with Crippen molar-refractivity contribution >= 4 is 17.2 Å². The molecule has 21 heavy (non-hydrogen) atoms. The van der Waals surface area contributed by atoms with Crippen LogP contribution in [-0.2, 0) is 13.0 Å². The number of rotatable bonds is 1. The first-order chi connectivity index (χ1) is 10.2. The molecule has 7 nitrogen and oxygen atoms in total. The standard InChI is InChI=1S/C14H14N6O/c15-11-3-1-2-9-7-19(5-4-10(9)11)12-6-13-17-18-14(21)20(13)8-16-12/h1-3,6,8H,4-5,7,15H2,(H,18,21). The lowest BCUT2D eigenvalue weighted by molar-refractivity contribution is 0.720. The number of nitrogens with zero attached hydrogens (tertiary/aromatic N) is 4. The Morgan fingerprint density at radius 1 is 1.33 bits per heavy atom. The molecule has 1 aliphatic rings. The molecule has 4 rings (SSSR count). The summed E-state index contributed by atoms with van der Waals surface area (Å²) < 4.78 is 1.39. The van der Waals surface area contributed by atoms with Gasteiger partial charge in [0.25, 0.3) is 0 Å². The van der Waals surface area contributed by atoms with E-state index in [4.69, 9.17) is 5.73 Å². The van der Waals surface area contributed by atoms with Gasteiger partial charge in [0.05, 0.1) is 0 Å². The Kier molecular flexibility index (Phi) is 2.47. The lowest BCUT2D eigenvalue weighted by Crippen LogP contribution is -2.31. The van der Waals surface area contributed by atoms with Crippen LogP contribution in [0.3, 0.4) is 0 Å². The van der Waals surface area contributed by atoms with Gasteiger partial charge in [-0.1, -0.05) is 12.1 Å². The Balaban J connectivity index is 1.72. The Hall–Kier alpha value is -2.83. The number of nitrogens with one attached hydrogen (secondary N) is 1. The van der Waals surface area contributed by atoms with Gasteiger partial charge in [-0.15, -0.1) is 0 Å². The molecular formula is C14H14N6O. The third kappa shape index (κ3) is 1.85. The van der Waals surface area contributed by atoms with Crippen molar-refractivity contribution in [1.82, 2.24) is 19.6 Å². The van der Waals surface area contributed by atoms with Crippen molar-refractivity contribution < 1.29 is 0 Å². The summed E-state index contributed by atoms with van der Waals surface area (Å²) in [5, 5.41) is 6.38. The van der Waals surface area contributed by atoms with E-state index in [1.165, 1.54) is 21.9 Å². The van der Waals surface area contributed by atoms with Gasteiger partial charge in [-0.3, -0.25) is 0 Å². The lowest BCUT2D eigenvalue weighted by atomic mass is 9.98. The van der Waals surface area contributed by atoms with Crippen molar-refractivity contribution in [3.05, 3.63) is 52.2 Å². The third-order valence-electron chi connectivity index (χ3n) is 3.92. The summed E-state index contributed by atoms with van der Waals surface area (Å²) >= 11 is 0. The van der Waals surface area contributed by atoms with Gasteiger partial charge >= 0.3 is 5.69 Å². The molecular weight excluding hydrogens is 268 g/mol. The maximum Gasteiger partial charge on any atom is 0.348 e. The fraction of sp³-hybridized carbons (Fsp3) is 0.214. The molecule has 0 radical (unpaired) electrons. The van der Waals surface area contributed by atoms with Crippen molar-refractivity contribution in [3.8, 4) is 0 Å². The summed E-state index contributed by atoms with van der Waals surface area (Å²) in [6.45, 7) is 1.61. The zero-order chi connectivity index (χ0) is 14.4. The average Bonchev–Trinajstić information content (AvgIpc) is 2.88. The van der Waals surface area contributed by atoms with E-state index in [9.17, 15) is 4.79 Å². The summed E-state index contributed by atoms with van der Waals surface area (Å²) in [7, 11) is 0. The molecule has 3 heterocycles. The van der Waals surface area contributed by atoms with Crippen LogP contribution >= 0.6 is 0 Å². The number of nitrogens with two attached hydrogens (primary N) is 1. The number of nitrogen functional groups attached to an aromatic ring is 1. The summed E-state index contributed by atoms with van der Waals surface area (Å²) in [6.07, 6.45) is 2.40. The van der Waals surface area contributed by atoms with Gasteiger partial charge in [-0.05, 0) is 23.6 Å². The van der Waals surface area contributed by atoms with Crippen LogP contribution in [0.5, 0.6) is 0 Å². The molecule has 7 heteroatoms. The van der Waals surface area contributed by atoms with E-state index < -0.39 is 0 Å². The lowest BCUT2D eigenvalue weighted by Gasteiger charge is -2.30. The molecule has 0 atom stereocenters. The Morgan fingerprint density at radius 2 is 2.24 bits per heavy atom. The molecule has 1 aliphatic heterocycles. The maximum atomic E-state index is 11.4. The molecule has 2 aromatic heterocycles. The normalized spacial score (nSPS) is 14.4. The highest BCUT2D eigenvalue weighted by Crippen LogP contribution is 2.26. The zero-order valence-corrected chi connectivity index (χ0v) is 11.3. The molecule has 3 N–H and O–H groups in total. The first-order valence-electron chi connectivity index (χ1n) is 6.76. The van der Waals surface area contributed by atoms with Gasteiger partial charge < -0.3 is 10.6 Å². The van der Waals surface area contributed by atoms with E-state index in [1.54, 1.807) is 0 Å². The molecule has 0 saturated carbocycles. The Morgan fingerprint density at radius 3 is 3.14 bits per heavy atom. The quantitative estimate of drug-likeness (QED) is 0.636. The SMILES string of the molecule is Nc1cccc2c1CCN(c1cc3n[nH]c(=O)n3cn1)C2. The van der Waals surface area contributed by atoms with E-state index in [0.29, 0.717) is 5.65 Å². The van der Waals surface area contributed by atoms with Gasteiger partial charge in [-0.2, -0.15) is 5.10 Å². The third-order valence-corrected chi connectivity index (χ3v) is 3.92. The second-order valence-corrected chi connectivity index (χ2v) is 5.16. The van der Waals surface area contributed by atoms with Gasteiger partial charge in [0.15, 0.2) is 5.65 Å². The van der Waals surface area contributed by atoms with Crippen LogP contribution in [0.15, 0.2) is 35.4 Å². The van der Waals surface area contributed by atoms with Gasteiger partial charge in [-0.25, -0.2) is 19.3 Å². The summed E-state index contributed by atoms with van der Waals surface area (Å²) in [4.78, 5) is 18.0. The van der Waals surface area contributed by atoms with Crippen LogP contribution in [0.1, 0.15) is 11.1 Å². The largest absolute Gasteiger partial charge is 0.398 e. The fourth-order valence-corrected chi connectivity index (χ4v) is 2.81. The van der Waals surface area contributed by atoms with Crippen molar-refractivity contribution in [2.45, 2.75) is 13.0 Å². The Labute approximate surface area is 120 Å². The minimum Gasteiger partial charge on any atom is -0.398 e. The fourth-order valence-electron chi connectivity index (χ4n) is 2.81. The zero-order valence-electron chi connectivity index (χ0n) is 11.3. The maximum absolute atomic E-state index is 11.4. The first kappa shape index (κ1) is 12.0. The van der Waals surface area contributed by atoms with Gasteiger partial charge in [0.1, 0.15) is 12.1 Å². The molecule has 0 amide bonds. The molecule has 3 aromatic rings. The van der Waals surface area contributed by atoms with Gasteiger partial charge in [0, 0.05) is 24.8 Å². The minimum absolute atomic E-state index is 0.277. The Bertz CT molecular complexity index is 881. The monoisotopic (exact) mass is 282 g/mol. The average molecular weight is 282 g/mol. The van der Waals surface area contributed by atoms with Crippen molar-refractivity contribution in [1.29, 1.82) is 0 Å². The van der Waals surface area contributed by atoms with Crippen LogP contribution < -0.4 is 16.3 Å². The van der Waals surface area contributed by atoms with Crippen molar-refractivity contribution in [3.63, 3.8) is 0 Å². The van der Waals surface area contributed by atoms with Crippen LogP contribution in [0.2, 0.25) is 0 Å². The van der Waals surface area contributed by atoms with Crippen LogP contribution in [0, 0.1) is 0 Å². The number of aromatic nitrogens is 4. The predicted octanol–water partition coefficient (Wildman–Crippen LogP) is 0.562. The molecule has 0 fully saturated rings. The number of benzene rings is 1. The van der Waals surface area contributed by atoms with Crippen LogP contribution in [-0.4, -0.2) is 26.1 Å². The number of hydrogen-bond acceptors (Lipinski definition) is 5. The minimum atomic E-state index is -0.277. The predicted molar refractivity (Wildman–Crippen MR) is 79.2 cm³/mol. The summed E-state index contributed by atoms with van der Waals surface area (Å²) in [6, 6.07) is 7.82. The number of hydrogen-bond donors (Lipinski definition) is 2. The highest BCUT2D eigenvalue weighted by molar-refractivity contribution is 5.56. The molecule has 0 aliphatic carbocycles. The first-order valence-corrected chi connectivity index (χ1v) is 6.76. The number of aromatic amines is 1. The molecule has 0 saturated heterocycles. The van der Waals surface area contributed by atoms with E-state index in [1.807, 2.05) is 18.2 Å². The summed E-state index contributed by atoms with van der Waals surface area (Å²) in [5.41, 5.74) is 9.62. The number of anilines is 2. The number of H-pyrrole nitrogens is 1. The van der Waals surface area contributed by atoms with Crippen molar-refractivity contribution in [2.75, 3.05) is 17.2 Å². The second kappa shape index (κ2) is 4.34. The highest BCUT2D eigenvalue weighted by Gasteiger charge is 2.19. The van der Waals surface area contributed by atoms with E-state index in [2.05, 4.69) is 26.1 Å². The van der Waals surface area contributed by atoms with Crippen LogP contribution in [0.4, 0.5) is 11.5 Å². The van der Waals surface area contributed by atoms with E-state index >= 15 is 0 Å². The van der Waals surface area contributed by atoms with Gasteiger partial charge in [0.2, 0.25) is 0 Å². The van der Waals surface area contributed by atoms with E-state index in [0.717, 1.165) is 31.0 Å². The number of fused-ring (bicyclic) bond motifs is 2. The molecule has 106 valence electrons.